The number of carbonyl (C=O) groups excluding carboxylic acids is 2. The molecule has 1 N–H and O–H groups in total. The molecule has 0 fully saturated rings. The average molecular weight is 401 g/mol. The second kappa shape index (κ2) is 10.0. The first-order valence-electron chi connectivity index (χ1n) is 9.72. The van der Waals surface area contributed by atoms with Crippen LogP contribution in [0.5, 0.6) is 0 Å². The molecule has 0 spiro atoms. The Morgan fingerprint density at radius 3 is 2.60 bits per heavy atom. The van der Waals surface area contributed by atoms with E-state index < -0.39 is 0 Å². The fraction of sp³-hybridized carbons (Fsp3) is 0.217. The Hall–Kier alpha value is -3.92. The minimum Gasteiger partial charge on any atom is -0.326 e. The molecule has 0 saturated carbocycles. The van der Waals surface area contributed by atoms with Crippen LogP contribution in [0.1, 0.15) is 25.0 Å². The molecule has 7 nitrogen and oxygen atoms in total. The summed E-state index contributed by atoms with van der Waals surface area (Å²) in [5, 5.41) is 16.0. The van der Waals surface area contributed by atoms with E-state index in [1.165, 1.54) is 0 Å². The number of nitrogens with one attached hydrogen (secondary N) is 1. The van der Waals surface area contributed by atoms with Gasteiger partial charge in [0.1, 0.15) is 0 Å². The van der Waals surface area contributed by atoms with Gasteiger partial charge in [-0.25, -0.2) is 4.68 Å². The Bertz CT molecular complexity index is 1050. The van der Waals surface area contributed by atoms with Crippen molar-refractivity contribution in [1.29, 1.82) is 5.26 Å². The first-order valence-corrected chi connectivity index (χ1v) is 9.72. The average Bonchev–Trinajstić information content (AvgIpc) is 3.19. The fourth-order valence-electron chi connectivity index (χ4n) is 3.10. The molecule has 1 aromatic heterocycles. The molecular weight excluding hydrogens is 378 g/mol. The topological polar surface area (TPSA) is 91.0 Å². The predicted octanol–water partition coefficient (Wildman–Crippen LogP) is 3.85. The van der Waals surface area contributed by atoms with E-state index in [-0.39, 0.29) is 31.1 Å². The molecule has 3 aromatic rings. The van der Waals surface area contributed by atoms with Crippen molar-refractivity contribution in [1.82, 2.24) is 9.78 Å². The van der Waals surface area contributed by atoms with Crippen LogP contribution in [0.2, 0.25) is 0 Å². The smallest absolute Gasteiger partial charge is 0.227 e. The zero-order chi connectivity index (χ0) is 21.3. The number of benzene rings is 2. The van der Waals surface area contributed by atoms with Gasteiger partial charge in [0, 0.05) is 42.7 Å². The monoisotopic (exact) mass is 401 g/mol. The quantitative estimate of drug-likeness (QED) is 0.621. The van der Waals surface area contributed by atoms with Crippen LogP contribution in [0.4, 0.5) is 11.4 Å². The number of nitrogens with zero attached hydrogens (tertiary/aromatic N) is 4. The third-order valence-corrected chi connectivity index (χ3v) is 4.59. The number of hydrogen-bond acceptors (Lipinski definition) is 4. The number of amides is 2. The molecule has 0 unspecified atom stereocenters. The highest BCUT2D eigenvalue weighted by Gasteiger charge is 2.17. The minimum absolute atomic E-state index is 0.0553. The van der Waals surface area contributed by atoms with E-state index in [0.29, 0.717) is 12.2 Å². The molecule has 3 rings (SSSR count). The lowest BCUT2D eigenvalue weighted by atomic mass is 10.2. The Balaban J connectivity index is 1.60. The Morgan fingerprint density at radius 2 is 1.90 bits per heavy atom. The molecule has 0 atom stereocenters. The number of hydrogen-bond donors (Lipinski definition) is 1. The van der Waals surface area contributed by atoms with Crippen LogP contribution in [0.25, 0.3) is 5.69 Å². The second-order valence-electron chi connectivity index (χ2n) is 6.77. The standard InChI is InChI=1S/C23H23N5O2/c1-18-13-15-25-28(18)21-10-5-7-19(17-21)26-22(29)11-12-23(30)27(16-6-14-24)20-8-3-2-4-9-20/h2-5,7-10,13,15,17H,6,11-12,16H2,1H3,(H,26,29). The number of nitriles is 1. The lowest BCUT2D eigenvalue weighted by Crippen LogP contribution is -2.32. The van der Waals surface area contributed by atoms with Crippen molar-refractivity contribution in [3.05, 3.63) is 72.6 Å². The number of carbonyl (C=O) groups is 2. The first kappa shape index (κ1) is 20.8. The first-order chi connectivity index (χ1) is 14.6. The van der Waals surface area contributed by atoms with Crippen LogP contribution in [0, 0.1) is 18.3 Å². The van der Waals surface area contributed by atoms with Crippen LogP contribution in [-0.4, -0.2) is 28.1 Å². The maximum atomic E-state index is 12.7. The molecule has 0 radical (unpaired) electrons. The van der Waals surface area contributed by atoms with Gasteiger partial charge in [-0.05, 0) is 43.3 Å². The molecule has 0 bridgehead atoms. The van der Waals surface area contributed by atoms with E-state index in [4.69, 9.17) is 5.26 Å². The van der Waals surface area contributed by atoms with E-state index in [0.717, 1.165) is 17.1 Å². The maximum absolute atomic E-state index is 12.7. The molecule has 7 heteroatoms. The summed E-state index contributed by atoms with van der Waals surface area (Å²) in [6.45, 7) is 2.25. The summed E-state index contributed by atoms with van der Waals surface area (Å²) in [5.74, 6) is -0.432. The molecule has 0 aliphatic heterocycles. The van der Waals surface area contributed by atoms with E-state index in [2.05, 4.69) is 16.5 Å². The van der Waals surface area contributed by atoms with Crippen LogP contribution in [0.15, 0.2) is 66.9 Å². The number of aromatic nitrogens is 2. The van der Waals surface area contributed by atoms with Gasteiger partial charge >= 0.3 is 0 Å². The summed E-state index contributed by atoms with van der Waals surface area (Å²) >= 11 is 0. The van der Waals surface area contributed by atoms with Gasteiger partial charge in [-0.2, -0.15) is 10.4 Å². The molecule has 0 saturated heterocycles. The summed E-state index contributed by atoms with van der Waals surface area (Å²) < 4.78 is 1.78. The van der Waals surface area contributed by atoms with E-state index >= 15 is 0 Å². The predicted molar refractivity (Wildman–Crippen MR) is 115 cm³/mol. The maximum Gasteiger partial charge on any atom is 0.227 e. The Kier molecular flexibility index (Phi) is 6.95. The lowest BCUT2D eigenvalue weighted by Gasteiger charge is -2.21. The van der Waals surface area contributed by atoms with Gasteiger partial charge in [-0.15, -0.1) is 0 Å². The third kappa shape index (κ3) is 5.32. The van der Waals surface area contributed by atoms with Crippen molar-refractivity contribution in [2.75, 3.05) is 16.8 Å². The Morgan fingerprint density at radius 1 is 1.10 bits per heavy atom. The molecule has 0 aliphatic carbocycles. The van der Waals surface area contributed by atoms with E-state index in [9.17, 15) is 9.59 Å². The minimum atomic E-state index is -0.244. The van der Waals surface area contributed by atoms with Crippen molar-refractivity contribution in [2.24, 2.45) is 0 Å². The number of aryl methyl sites for hydroxylation is 1. The number of anilines is 2. The number of rotatable bonds is 8. The van der Waals surface area contributed by atoms with Gasteiger partial charge in [0.05, 0.1) is 18.2 Å². The molecule has 2 amide bonds. The van der Waals surface area contributed by atoms with E-state index in [1.807, 2.05) is 61.5 Å². The summed E-state index contributed by atoms with van der Waals surface area (Å²) in [6, 6.07) is 20.5. The van der Waals surface area contributed by atoms with Crippen LogP contribution in [0.3, 0.4) is 0 Å². The van der Waals surface area contributed by atoms with Gasteiger partial charge < -0.3 is 10.2 Å². The van der Waals surface area contributed by atoms with Gasteiger partial charge in [-0.1, -0.05) is 24.3 Å². The van der Waals surface area contributed by atoms with Gasteiger partial charge in [0.25, 0.3) is 0 Å². The number of para-hydroxylation sites is 1. The lowest BCUT2D eigenvalue weighted by molar-refractivity contribution is -0.122. The highest BCUT2D eigenvalue weighted by Crippen LogP contribution is 2.18. The van der Waals surface area contributed by atoms with Crippen LogP contribution >= 0.6 is 0 Å². The third-order valence-electron chi connectivity index (χ3n) is 4.59. The zero-order valence-corrected chi connectivity index (χ0v) is 16.8. The Labute approximate surface area is 175 Å². The normalized spacial score (nSPS) is 10.3. The molecule has 30 heavy (non-hydrogen) atoms. The van der Waals surface area contributed by atoms with Crippen molar-refractivity contribution >= 4 is 23.2 Å². The summed E-state index contributed by atoms with van der Waals surface area (Å²) in [5.41, 5.74) is 3.20. The SMILES string of the molecule is Cc1ccnn1-c1cccc(NC(=O)CCC(=O)N(CCC#N)c2ccccc2)c1. The van der Waals surface area contributed by atoms with Crippen LogP contribution in [-0.2, 0) is 9.59 Å². The van der Waals surface area contributed by atoms with E-state index in [1.54, 1.807) is 21.8 Å². The molecular formula is C23H23N5O2. The fourth-order valence-corrected chi connectivity index (χ4v) is 3.10. The second-order valence-corrected chi connectivity index (χ2v) is 6.77. The van der Waals surface area contributed by atoms with Crippen molar-refractivity contribution in [3.63, 3.8) is 0 Å². The zero-order valence-electron chi connectivity index (χ0n) is 16.8. The van der Waals surface area contributed by atoms with Gasteiger partial charge in [0.15, 0.2) is 0 Å². The van der Waals surface area contributed by atoms with Crippen LogP contribution < -0.4 is 10.2 Å². The summed E-state index contributed by atoms with van der Waals surface area (Å²) in [6.07, 6.45) is 2.06. The molecule has 2 aromatic carbocycles. The molecule has 1 heterocycles. The van der Waals surface area contributed by atoms with Gasteiger partial charge in [0.2, 0.25) is 11.8 Å². The highest BCUT2D eigenvalue weighted by atomic mass is 16.2. The molecule has 0 aliphatic rings. The van der Waals surface area contributed by atoms with Crippen molar-refractivity contribution in [3.8, 4) is 11.8 Å². The van der Waals surface area contributed by atoms with Crippen molar-refractivity contribution in [2.45, 2.75) is 26.2 Å². The summed E-state index contributed by atoms with van der Waals surface area (Å²) in [4.78, 5) is 26.6. The van der Waals surface area contributed by atoms with Gasteiger partial charge in [-0.3, -0.25) is 9.59 Å². The largest absolute Gasteiger partial charge is 0.326 e. The highest BCUT2D eigenvalue weighted by molar-refractivity contribution is 5.98. The molecule has 152 valence electrons. The van der Waals surface area contributed by atoms with Crippen molar-refractivity contribution < 1.29 is 9.59 Å². The summed E-state index contributed by atoms with van der Waals surface area (Å²) in [7, 11) is 0.